The van der Waals surface area contributed by atoms with E-state index in [0.717, 1.165) is 0 Å². The van der Waals surface area contributed by atoms with Crippen molar-refractivity contribution in [3.8, 4) is 5.75 Å². The molecule has 0 bridgehead atoms. The van der Waals surface area contributed by atoms with E-state index in [1.165, 1.54) is 25.1 Å². The van der Waals surface area contributed by atoms with Gasteiger partial charge in [-0.25, -0.2) is 0 Å². The lowest BCUT2D eigenvalue weighted by Gasteiger charge is -2.09. The topological polar surface area (TPSA) is 102 Å². The quantitative estimate of drug-likeness (QED) is 0.609. The summed E-state index contributed by atoms with van der Waals surface area (Å²) in [5, 5.41) is 22.2. The second-order valence-electron chi connectivity index (χ2n) is 3.53. The molecule has 1 rings (SSSR count). The molecule has 0 heterocycles. The van der Waals surface area contributed by atoms with Crippen molar-refractivity contribution >= 4 is 17.3 Å². The lowest BCUT2D eigenvalue weighted by Crippen LogP contribution is -2.24. The van der Waals surface area contributed by atoms with Crippen LogP contribution in [0, 0.1) is 10.1 Å². The van der Waals surface area contributed by atoms with Gasteiger partial charge in [-0.3, -0.25) is 14.9 Å². The van der Waals surface area contributed by atoms with E-state index in [9.17, 15) is 14.9 Å². The van der Waals surface area contributed by atoms with Crippen molar-refractivity contribution in [1.29, 1.82) is 0 Å². The first-order valence-corrected chi connectivity index (χ1v) is 5.36. The highest BCUT2D eigenvalue weighted by Gasteiger charge is 2.18. The maximum absolute atomic E-state index is 11.3. The fourth-order valence-corrected chi connectivity index (χ4v) is 1.26. The summed E-state index contributed by atoms with van der Waals surface area (Å²) in [6.07, 6.45) is -1.24. The number of aliphatic hydroxyl groups excluding tert-OH is 1. The van der Waals surface area contributed by atoms with Crippen LogP contribution < -0.4 is 10.1 Å². The number of ether oxygens (including phenoxy) is 1. The molecule has 1 aromatic rings. The molecule has 0 radical (unpaired) electrons. The Morgan fingerprint density at radius 1 is 1.61 bits per heavy atom. The van der Waals surface area contributed by atoms with E-state index >= 15 is 0 Å². The summed E-state index contributed by atoms with van der Waals surface area (Å²) in [7, 11) is 0. The smallest absolute Gasteiger partial charge is 0.296 e. The first-order chi connectivity index (χ1) is 8.45. The minimum atomic E-state index is -1.24. The molecule has 0 aliphatic heterocycles. The average molecular weight is 254 g/mol. The van der Waals surface area contributed by atoms with Gasteiger partial charge in [0, 0.05) is 0 Å². The van der Waals surface area contributed by atoms with Gasteiger partial charge >= 0.3 is 0 Å². The van der Waals surface area contributed by atoms with Crippen LogP contribution in [0.5, 0.6) is 5.75 Å². The lowest BCUT2D eigenvalue weighted by atomic mass is 10.2. The molecule has 1 amide bonds. The zero-order valence-corrected chi connectivity index (χ0v) is 10.0. The summed E-state index contributed by atoms with van der Waals surface area (Å²) in [4.78, 5) is 21.5. The second-order valence-corrected chi connectivity index (χ2v) is 3.53. The van der Waals surface area contributed by atoms with Gasteiger partial charge in [0.2, 0.25) is 0 Å². The number of carbonyl (C=O) groups is 1. The third-order valence-electron chi connectivity index (χ3n) is 2.11. The van der Waals surface area contributed by atoms with Gasteiger partial charge in [0.25, 0.3) is 11.6 Å². The Balaban J connectivity index is 3.04. The van der Waals surface area contributed by atoms with Gasteiger partial charge in [0.05, 0.1) is 17.6 Å². The predicted molar refractivity (Wildman–Crippen MR) is 64.6 cm³/mol. The minimum absolute atomic E-state index is 0.0225. The van der Waals surface area contributed by atoms with Crippen molar-refractivity contribution in [3.63, 3.8) is 0 Å². The number of amides is 1. The highest BCUT2D eigenvalue weighted by molar-refractivity contribution is 5.95. The van der Waals surface area contributed by atoms with Crippen LogP contribution in [0.15, 0.2) is 18.2 Å². The van der Waals surface area contributed by atoms with E-state index in [4.69, 9.17) is 9.84 Å². The molecule has 0 saturated heterocycles. The van der Waals surface area contributed by atoms with Gasteiger partial charge < -0.3 is 15.2 Å². The largest absolute Gasteiger partial charge is 0.494 e. The Morgan fingerprint density at radius 3 is 2.78 bits per heavy atom. The zero-order chi connectivity index (χ0) is 13.7. The van der Waals surface area contributed by atoms with E-state index in [1.807, 2.05) is 0 Å². The molecule has 18 heavy (non-hydrogen) atoms. The van der Waals surface area contributed by atoms with Crippen LogP contribution in [-0.4, -0.2) is 28.6 Å². The standard InChI is InChI=1S/C11H14N2O5/c1-3-18-8-4-5-9(10(6-8)13(16)17)12-11(15)7(2)14/h4-7,14H,3H2,1-2H3,(H,12,15). The Morgan fingerprint density at radius 2 is 2.28 bits per heavy atom. The van der Waals surface area contributed by atoms with Crippen LogP contribution in [0.2, 0.25) is 0 Å². The van der Waals surface area contributed by atoms with E-state index < -0.39 is 16.9 Å². The molecule has 1 unspecified atom stereocenters. The third kappa shape index (κ3) is 3.42. The van der Waals surface area contributed by atoms with E-state index in [1.54, 1.807) is 6.92 Å². The lowest BCUT2D eigenvalue weighted by molar-refractivity contribution is -0.384. The van der Waals surface area contributed by atoms with E-state index in [2.05, 4.69) is 5.32 Å². The molecule has 7 heteroatoms. The molecule has 2 N–H and O–H groups in total. The first kappa shape index (κ1) is 13.9. The summed E-state index contributed by atoms with van der Waals surface area (Å²) in [6, 6.07) is 4.10. The van der Waals surface area contributed by atoms with Gasteiger partial charge in [-0.2, -0.15) is 0 Å². The molecule has 98 valence electrons. The second kappa shape index (κ2) is 5.97. The minimum Gasteiger partial charge on any atom is -0.494 e. The number of nitrogens with zero attached hydrogens (tertiary/aromatic N) is 1. The van der Waals surface area contributed by atoms with Crippen LogP contribution in [0.25, 0.3) is 0 Å². The summed E-state index contributed by atoms with van der Waals surface area (Å²) >= 11 is 0. The Labute approximate surface area is 104 Å². The number of aliphatic hydroxyl groups is 1. The Hall–Kier alpha value is -2.15. The van der Waals surface area contributed by atoms with Crippen molar-refractivity contribution in [2.75, 3.05) is 11.9 Å². The van der Waals surface area contributed by atoms with E-state index in [-0.39, 0.29) is 11.4 Å². The predicted octanol–water partition coefficient (Wildman–Crippen LogP) is 1.31. The van der Waals surface area contributed by atoms with Crippen LogP contribution in [0.1, 0.15) is 13.8 Å². The average Bonchev–Trinajstić information content (AvgIpc) is 2.30. The number of nitrogens with one attached hydrogen (secondary N) is 1. The molecule has 0 aliphatic rings. The highest BCUT2D eigenvalue weighted by atomic mass is 16.6. The summed E-state index contributed by atoms with van der Waals surface area (Å²) in [5.74, 6) is -0.360. The number of nitro groups is 1. The Kier molecular flexibility index (Phi) is 4.61. The molecule has 0 aromatic heterocycles. The molecule has 0 spiro atoms. The number of benzene rings is 1. The van der Waals surface area contributed by atoms with Crippen LogP contribution in [0.4, 0.5) is 11.4 Å². The van der Waals surface area contributed by atoms with Gasteiger partial charge in [-0.1, -0.05) is 0 Å². The van der Waals surface area contributed by atoms with Crippen molar-refractivity contribution in [2.45, 2.75) is 20.0 Å². The van der Waals surface area contributed by atoms with E-state index in [0.29, 0.717) is 12.4 Å². The van der Waals surface area contributed by atoms with Crippen molar-refractivity contribution in [1.82, 2.24) is 0 Å². The number of hydrogen-bond donors (Lipinski definition) is 2. The van der Waals surface area contributed by atoms with Crippen LogP contribution in [-0.2, 0) is 4.79 Å². The maximum Gasteiger partial charge on any atom is 0.296 e. The van der Waals surface area contributed by atoms with Gasteiger partial charge in [0.1, 0.15) is 17.5 Å². The first-order valence-electron chi connectivity index (χ1n) is 5.36. The zero-order valence-electron chi connectivity index (χ0n) is 10.0. The fraction of sp³-hybridized carbons (Fsp3) is 0.364. The number of hydrogen-bond acceptors (Lipinski definition) is 5. The number of carbonyl (C=O) groups excluding carboxylic acids is 1. The van der Waals surface area contributed by atoms with Gasteiger partial charge in [-0.15, -0.1) is 0 Å². The van der Waals surface area contributed by atoms with Crippen LogP contribution in [0.3, 0.4) is 0 Å². The van der Waals surface area contributed by atoms with Crippen LogP contribution >= 0.6 is 0 Å². The van der Waals surface area contributed by atoms with Gasteiger partial charge in [-0.05, 0) is 26.0 Å². The molecule has 0 saturated carbocycles. The Bertz CT molecular complexity index is 459. The summed E-state index contributed by atoms with van der Waals surface area (Å²) in [6.45, 7) is 3.42. The molecular weight excluding hydrogens is 240 g/mol. The molecule has 1 atom stereocenters. The normalized spacial score (nSPS) is 11.7. The fourth-order valence-electron chi connectivity index (χ4n) is 1.26. The summed E-state index contributed by atoms with van der Waals surface area (Å²) < 4.78 is 5.14. The van der Waals surface area contributed by atoms with Crippen molar-refractivity contribution < 1.29 is 19.6 Å². The van der Waals surface area contributed by atoms with Crippen molar-refractivity contribution in [3.05, 3.63) is 28.3 Å². The number of rotatable bonds is 5. The monoisotopic (exact) mass is 254 g/mol. The number of anilines is 1. The molecule has 7 nitrogen and oxygen atoms in total. The highest BCUT2D eigenvalue weighted by Crippen LogP contribution is 2.29. The van der Waals surface area contributed by atoms with Crippen molar-refractivity contribution in [2.24, 2.45) is 0 Å². The molecular formula is C11H14N2O5. The third-order valence-corrected chi connectivity index (χ3v) is 2.11. The molecule has 0 aliphatic carbocycles. The molecule has 0 fully saturated rings. The SMILES string of the molecule is CCOc1ccc(NC(=O)C(C)O)c([N+](=O)[O-])c1. The summed E-state index contributed by atoms with van der Waals surface area (Å²) in [5.41, 5.74) is -0.260. The van der Waals surface area contributed by atoms with Gasteiger partial charge in [0.15, 0.2) is 0 Å². The number of nitro benzene ring substituents is 1. The maximum atomic E-state index is 11.3. The molecule has 1 aromatic carbocycles.